The van der Waals surface area contributed by atoms with Crippen LogP contribution >= 0.6 is 0 Å². The smallest absolute Gasteiger partial charge is 0.274 e. The molecule has 1 amide bonds. The number of hydrogen-bond donors (Lipinski definition) is 2. The predicted octanol–water partition coefficient (Wildman–Crippen LogP) is 3.64. The maximum atomic E-state index is 12.2. The van der Waals surface area contributed by atoms with E-state index in [2.05, 4.69) is 27.5 Å². The van der Waals surface area contributed by atoms with E-state index in [1.54, 1.807) is 12.3 Å². The summed E-state index contributed by atoms with van der Waals surface area (Å²) >= 11 is 0. The van der Waals surface area contributed by atoms with Gasteiger partial charge in [-0.1, -0.05) is 31.9 Å². The van der Waals surface area contributed by atoms with Crippen LogP contribution < -0.4 is 10.6 Å². The fraction of sp³-hybridized carbons (Fsp3) is 0.353. The molecule has 22 heavy (non-hydrogen) atoms. The molecule has 0 aliphatic carbocycles. The van der Waals surface area contributed by atoms with Crippen molar-refractivity contribution in [2.75, 3.05) is 17.2 Å². The van der Waals surface area contributed by atoms with E-state index in [9.17, 15) is 4.79 Å². The first-order chi connectivity index (χ1) is 10.7. The summed E-state index contributed by atoms with van der Waals surface area (Å²) in [6.07, 6.45) is 5.00. The number of rotatable bonds is 7. The third-order valence-electron chi connectivity index (χ3n) is 3.23. The lowest BCUT2D eigenvalue weighted by atomic mass is 10.2. The summed E-state index contributed by atoms with van der Waals surface area (Å²) in [6, 6.07) is 9.28. The van der Waals surface area contributed by atoms with Crippen LogP contribution in [0, 0.1) is 6.92 Å². The first-order valence-corrected chi connectivity index (χ1v) is 7.64. The summed E-state index contributed by atoms with van der Waals surface area (Å²) in [5.74, 6) is 0.262. The standard InChI is InChI=1S/C17H22N4O/c1-3-4-5-10-18-17-19-11-9-15(21-17)16(22)20-14-8-6-7-13(2)12-14/h6-9,11-12H,3-5,10H2,1-2H3,(H,20,22)(H,18,19,21). The van der Waals surface area contributed by atoms with E-state index in [1.165, 1.54) is 12.8 Å². The highest BCUT2D eigenvalue weighted by atomic mass is 16.1. The molecule has 2 rings (SSSR count). The Kier molecular flexibility index (Phi) is 5.89. The van der Waals surface area contributed by atoms with E-state index in [4.69, 9.17) is 0 Å². The Balaban J connectivity index is 1.97. The quantitative estimate of drug-likeness (QED) is 0.766. The number of carbonyl (C=O) groups excluding carboxylic acids is 1. The molecule has 0 aliphatic rings. The number of anilines is 2. The largest absolute Gasteiger partial charge is 0.354 e. The summed E-state index contributed by atoms with van der Waals surface area (Å²) in [4.78, 5) is 20.6. The molecule has 0 radical (unpaired) electrons. The van der Waals surface area contributed by atoms with Crippen LogP contribution in [-0.2, 0) is 0 Å². The van der Waals surface area contributed by atoms with E-state index in [1.807, 2.05) is 31.2 Å². The highest BCUT2D eigenvalue weighted by Crippen LogP contribution is 2.11. The summed E-state index contributed by atoms with van der Waals surface area (Å²) in [6.45, 7) is 4.96. The number of aryl methyl sites for hydroxylation is 1. The lowest BCUT2D eigenvalue weighted by Crippen LogP contribution is -2.15. The molecule has 5 heteroatoms. The minimum absolute atomic E-state index is 0.232. The molecule has 0 saturated carbocycles. The van der Waals surface area contributed by atoms with Gasteiger partial charge in [0.1, 0.15) is 5.69 Å². The lowest BCUT2D eigenvalue weighted by Gasteiger charge is -2.07. The van der Waals surface area contributed by atoms with Crippen molar-refractivity contribution in [3.05, 3.63) is 47.8 Å². The molecule has 0 fully saturated rings. The first-order valence-electron chi connectivity index (χ1n) is 7.64. The molecule has 1 aromatic carbocycles. The average Bonchev–Trinajstić information content (AvgIpc) is 2.52. The third-order valence-corrected chi connectivity index (χ3v) is 3.23. The van der Waals surface area contributed by atoms with Gasteiger partial charge in [0.2, 0.25) is 5.95 Å². The second-order valence-electron chi connectivity index (χ2n) is 5.22. The number of carbonyl (C=O) groups is 1. The van der Waals surface area contributed by atoms with Gasteiger partial charge < -0.3 is 10.6 Å². The van der Waals surface area contributed by atoms with Crippen LogP contribution in [0.25, 0.3) is 0 Å². The van der Waals surface area contributed by atoms with Crippen molar-refractivity contribution >= 4 is 17.5 Å². The van der Waals surface area contributed by atoms with Crippen molar-refractivity contribution in [1.29, 1.82) is 0 Å². The Morgan fingerprint density at radius 3 is 2.86 bits per heavy atom. The Hall–Kier alpha value is -2.43. The monoisotopic (exact) mass is 298 g/mol. The molecule has 0 saturated heterocycles. The van der Waals surface area contributed by atoms with E-state index in [0.29, 0.717) is 11.6 Å². The van der Waals surface area contributed by atoms with Crippen molar-refractivity contribution in [2.24, 2.45) is 0 Å². The molecule has 1 heterocycles. The summed E-state index contributed by atoms with van der Waals surface area (Å²) < 4.78 is 0. The maximum absolute atomic E-state index is 12.2. The van der Waals surface area contributed by atoms with Gasteiger partial charge in [-0.05, 0) is 37.1 Å². The van der Waals surface area contributed by atoms with Crippen LogP contribution in [-0.4, -0.2) is 22.4 Å². The van der Waals surface area contributed by atoms with E-state index >= 15 is 0 Å². The number of benzene rings is 1. The predicted molar refractivity (Wildman–Crippen MR) is 89.2 cm³/mol. The number of nitrogens with one attached hydrogen (secondary N) is 2. The van der Waals surface area contributed by atoms with Crippen molar-refractivity contribution in [2.45, 2.75) is 33.1 Å². The second-order valence-corrected chi connectivity index (χ2v) is 5.22. The minimum Gasteiger partial charge on any atom is -0.354 e. The van der Waals surface area contributed by atoms with Gasteiger partial charge in [0.05, 0.1) is 0 Å². The van der Waals surface area contributed by atoms with Crippen LogP contribution in [0.15, 0.2) is 36.5 Å². The molecule has 5 nitrogen and oxygen atoms in total. The fourth-order valence-corrected chi connectivity index (χ4v) is 2.06. The Morgan fingerprint density at radius 1 is 1.23 bits per heavy atom. The van der Waals surface area contributed by atoms with Gasteiger partial charge in [-0.3, -0.25) is 4.79 Å². The lowest BCUT2D eigenvalue weighted by molar-refractivity contribution is 0.102. The minimum atomic E-state index is -0.232. The molecule has 0 aliphatic heterocycles. The van der Waals surface area contributed by atoms with Crippen molar-refractivity contribution in [1.82, 2.24) is 9.97 Å². The van der Waals surface area contributed by atoms with Gasteiger partial charge in [0.25, 0.3) is 5.91 Å². The van der Waals surface area contributed by atoms with E-state index in [0.717, 1.165) is 24.2 Å². The van der Waals surface area contributed by atoms with Crippen LogP contribution in [0.3, 0.4) is 0 Å². The van der Waals surface area contributed by atoms with Gasteiger partial charge in [0.15, 0.2) is 0 Å². The number of unbranched alkanes of at least 4 members (excludes halogenated alkanes) is 2. The van der Waals surface area contributed by atoms with Crippen LogP contribution in [0.4, 0.5) is 11.6 Å². The van der Waals surface area contributed by atoms with Gasteiger partial charge in [-0.25, -0.2) is 9.97 Å². The molecule has 0 atom stereocenters. The molecule has 116 valence electrons. The molecular formula is C17H22N4O. The Morgan fingerprint density at radius 2 is 2.09 bits per heavy atom. The van der Waals surface area contributed by atoms with Crippen molar-refractivity contribution in [3.63, 3.8) is 0 Å². The Labute approximate surface area is 131 Å². The number of nitrogens with zero attached hydrogens (tertiary/aromatic N) is 2. The van der Waals surface area contributed by atoms with Gasteiger partial charge >= 0.3 is 0 Å². The summed E-state index contributed by atoms with van der Waals surface area (Å²) in [5.41, 5.74) is 2.22. The average molecular weight is 298 g/mol. The van der Waals surface area contributed by atoms with Gasteiger partial charge in [-0.2, -0.15) is 0 Å². The number of hydrogen-bond acceptors (Lipinski definition) is 4. The fourth-order valence-electron chi connectivity index (χ4n) is 2.06. The highest BCUT2D eigenvalue weighted by molar-refractivity contribution is 6.02. The van der Waals surface area contributed by atoms with E-state index in [-0.39, 0.29) is 5.91 Å². The first kappa shape index (κ1) is 15.9. The zero-order valence-corrected chi connectivity index (χ0v) is 13.1. The number of amides is 1. The van der Waals surface area contributed by atoms with Gasteiger partial charge in [-0.15, -0.1) is 0 Å². The molecular weight excluding hydrogens is 276 g/mol. The maximum Gasteiger partial charge on any atom is 0.274 e. The summed E-state index contributed by atoms with van der Waals surface area (Å²) in [7, 11) is 0. The molecule has 2 N–H and O–H groups in total. The van der Waals surface area contributed by atoms with E-state index < -0.39 is 0 Å². The molecule has 0 bridgehead atoms. The Bertz CT molecular complexity index is 628. The van der Waals surface area contributed by atoms with Gasteiger partial charge in [0, 0.05) is 18.4 Å². The van der Waals surface area contributed by atoms with Crippen molar-refractivity contribution in [3.8, 4) is 0 Å². The molecule has 2 aromatic rings. The normalized spacial score (nSPS) is 10.3. The second kappa shape index (κ2) is 8.12. The zero-order chi connectivity index (χ0) is 15.8. The topological polar surface area (TPSA) is 66.9 Å². The summed E-state index contributed by atoms with van der Waals surface area (Å²) in [5, 5.41) is 5.99. The zero-order valence-electron chi connectivity index (χ0n) is 13.1. The van der Waals surface area contributed by atoms with Crippen LogP contribution in [0.5, 0.6) is 0 Å². The molecule has 1 aromatic heterocycles. The SMILES string of the molecule is CCCCCNc1nccc(C(=O)Nc2cccc(C)c2)n1. The third kappa shape index (κ3) is 4.84. The van der Waals surface area contributed by atoms with Crippen LogP contribution in [0.1, 0.15) is 42.2 Å². The molecule has 0 unspecified atom stereocenters. The number of aromatic nitrogens is 2. The van der Waals surface area contributed by atoms with Crippen molar-refractivity contribution < 1.29 is 4.79 Å². The highest BCUT2D eigenvalue weighted by Gasteiger charge is 2.09. The van der Waals surface area contributed by atoms with Crippen LogP contribution in [0.2, 0.25) is 0 Å². The molecule has 0 spiro atoms.